The maximum absolute atomic E-state index is 15.4. The van der Waals surface area contributed by atoms with Crippen LogP contribution in [0.5, 0.6) is 11.5 Å². The van der Waals surface area contributed by atoms with E-state index < -0.39 is 21.8 Å². The van der Waals surface area contributed by atoms with Crippen molar-refractivity contribution < 1.29 is 17.9 Å². The average Bonchev–Trinajstić information content (AvgIpc) is 3.88. The van der Waals surface area contributed by atoms with Crippen molar-refractivity contribution in [3.63, 3.8) is 0 Å². The predicted molar refractivity (Wildman–Crippen MR) is 194 cm³/mol. The second-order valence-corrected chi connectivity index (χ2v) is 16.0. The molecular formula is C40H57F2N3O2Si. The number of aromatic nitrogens is 3. The van der Waals surface area contributed by atoms with Crippen LogP contribution in [0.25, 0.3) is 22.6 Å². The third-order valence-electron chi connectivity index (χ3n) is 10.2. The summed E-state index contributed by atoms with van der Waals surface area (Å²) >= 11 is 0. The van der Waals surface area contributed by atoms with E-state index in [0.29, 0.717) is 17.9 Å². The van der Waals surface area contributed by atoms with E-state index in [1.165, 1.54) is 77.0 Å². The maximum atomic E-state index is 15.4. The Hall–Kier alpha value is -2.87. The summed E-state index contributed by atoms with van der Waals surface area (Å²) in [6, 6.07) is 12.4. The molecule has 0 amide bonds. The van der Waals surface area contributed by atoms with Gasteiger partial charge >= 0.3 is 5.92 Å². The number of halogens is 2. The molecule has 8 heteroatoms. The summed E-state index contributed by atoms with van der Waals surface area (Å²) in [5.74, 6) is 0.716. The van der Waals surface area contributed by atoms with Crippen molar-refractivity contribution in [1.82, 2.24) is 15.0 Å². The van der Waals surface area contributed by atoms with Crippen LogP contribution in [0.4, 0.5) is 8.78 Å². The molecule has 2 aromatic heterocycles. The Morgan fingerprint density at radius 2 is 1.56 bits per heavy atom. The third kappa shape index (κ3) is 10.6. The molecule has 3 unspecified atom stereocenters. The smallest absolute Gasteiger partial charge is 0.329 e. The number of hydrogen-bond acceptors (Lipinski definition) is 5. The van der Waals surface area contributed by atoms with Gasteiger partial charge in [-0.25, -0.2) is 15.0 Å². The molecule has 2 aliphatic rings. The summed E-state index contributed by atoms with van der Waals surface area (Å²) in [5, 5.41) is 0. The van der Waals surface area contributed by atoms with E-state index in [0.717, 1.165) is 59.9 Å². The maximum Gasteiger partial charge on any atom is 0.329 e. The number of pyridine rings is 1. The van der Waals surface area contributed by atoms with Gasteiger partial charge in [-0.15, -0.1) is 0 Å². The van der Waals surface area contributed by atoms with E-state index in [4.69, 9.17) is 9.16 Å². The van der Waals surface area contributed by atoms with Crippen LogP contribution in [0.1, 0.15) is 129 Å². The molecule has 3 aromatic rings. The fraction of sp³-hybridized carbons (Fsp3) is 0.625. The Morgan fingerprint density at radius 1 is 0.875 bits per heavy atom. The molecule has 5 rings (SSSR count). The number of benzene rings is 1. The molecular weight excluding hydrogens is 621 g/mol. The molecule has 1 aliphatic carbocycles. The first-order chi connectivity index (χ1) is 23.3. The van der Waals surface area contributed by atoms with Crippen molar-refractivity contribution in [1.29, 1.82) is 0 Å². The first-order valence-electron chi connectivity index (χ1n) is 19.0. The molecule has 5 nitrogen and oxygen atoms in total. The Balaban J connectivity index is 1.09. The number of unbranched alkanes of at least 4 members (excludes halogenated alkanes) is 7. The summed E-state index contributed by atoms with van der Waals surface area (Å²) in [6.45, 7) is 7.01. The second kappa shape index (κ2) is 18.2. The molecule has 0 N–H and O–H groups in total. The lowest BCUT2D eigenvalue weighted by atomic mass is 9.92. The van der Waals surface area contributed by atoms with Gasteiger partial charge in [-0.3, -0.25) is 0 Å². The van der Waals surface area contributed by atoms with Crippen molar-refractivity contribution in [3.8, 4) is 34.1 Å². The molecule has 0 saturated heterocycles. The zero-order chi connectivity index (χ0) is 33.8. The number of hydrogen-bond donors (Lipinski definition) is 0. The predicted octanol–water partition coefficient (Wildman–Crippen LogP) is 11.1. The molecule has 3 atom stereocenters. The van der Waals surface area contributed by atoms with Crippen LogP contribution < -0.4 is 9.16 Å². The minimum atomic E-state index is -3.14. The highest BCUT2D eigenvalue weighted by atomic mass is 28.2. The van der Waals surface area contributed by atoms with E-state index in [1.807, 2.05) is 24.3 Å². The minimum Gasteiger partial charge on any atom is -0.549 e. The van der Waals surface area contributed by atoms with Gasteiger partial charge in [-0.2, -0.15) is 8.78 Å². The van der Waals surface area contributed by atoms with Crippen LogP contribution in [0.2, 0.25) is 6.04 Å². The van der Waals surface area contributed by atoms with Crippen molar-refractivity contribution >= 4 is 9.76 Å². The molecule has 3 heterocycles. The summed E-state index contributed by atoms with van der Waals surface area (Å²) in [5.41, 5.74) is 1.79. The standard InChI is InChI=1S/C40H57F2N3O2Si/c1-4-5-15-29(2)26-30(3)24-25-48-47-35-18-14-13-17-33(35)32-27-43-39(44-28-32)34-22-23-36-38(45-34)40(41,42)37(46-36)19-12-10-8-6-7-9-11-16-31-20-21-31/h13-14,17-18,22-23,27-31,37H,4-12,15-16,19-21,24-26,48H2,1-3H3. The average molecular weight is 678 g/mol. The summed E-state index contributed by atoms with van der Waals surface area (Å²) in [6.07, 6.45) is 21.2. The molecule has 0 spiro atoms. The van der Waals surface area contributed by atoms with Gasteiger partial charge in [0.05, 0.1) is 0 Å². The highest BCUT2D eigenvalue weighted by molar-refractivity contribution is 6.28. The van der Waals surface area contributed by atoms with Crippen molar-refractivity contribution in [3.05, 3.63) is 54.5 Å². The van der Waals surface area contributed by atoms with Crippen molar-refractivity contribution in [2.75, 3.05) is 0 Å². The number of alkyl halides is 2. The molecule has 1 fully saturated rings. The number of rotatable bonds is 22. The van der Waals surface area contributed by atoms with E-state index in [9.17, 15) is 0 Å². The van der Waals surface area contributed by atoms with Crippen LogP contribution in [0.3, 0.4) is 0 Å². The topological polar surface area (TPSA) is 57.1 Å². The van der Waals surface area contributed by atoms with Gasteiger partial charge in [-0.1, -0.05) is 122 Å². The van der Waals surface area contributed by atoms with Crippen LogP contribution >= 0.6 is 0 Å². The first kappa shape index (κ1) is 36.4. The van der Waals surface area contributed by atoms with Crippen LogP contribution in [0.15, 0.2) is 48.8 Å². The van der Waals surface area contributed by atoms with Crippen molar-refractivity contribution in [2.45, 2.75) is 142 Å². The molecule has 1 aliphatic heterocycles. The summed E-state index contributed by atoms with van der Waals surface area (Å²) in [4.78, 5) is 13.4. The zero-order valence-corrected chi connectivity index (χ0v) is 31.0. The molecule has 48 heavy (non-hydrogen) atoms. The SMILES string of the molecule is CCCCC(C)CC(C)CC[SiH2]Oc1ccccc1-c1cnc(-c2ccc3c(n2)C(F)(F)C(CCCCCCCCCC2CC2)O3)nc1. The van der Waals surface area contributed by atoms with E-state index >= 15 is 8.78 Å². The molecule has 262 valence electrons. The minimum absolute atomic E-state index is 0.164. The van der Waals surface area contributed by atoms with Gasteiger partial charge in [0, 0.05) is 23.5 Å². The van der Waals surface area contributed by atoms with Gasteiger partial charge in [0.25, 0.3) is 0 Å². The molecule has 0 bridgehead atoms. The monoisotopic (exact) mass is 677 g/mol. The molecule has 0 radical (unpaired) electrons. The van der Waals surface area contributed by atoms with Gasteiger partial charge in [0.15, 0.2) is 17.6 Å². The fourth-order valence-corrected chi connectivity index (χ4v) is 8.58. The van der Waals surface area contributed by atoms with Crippen LogP contribution in [0, 0.1) is 17.8 Å². The van der Waals surface area contributed by atoms with Gasteiger partial charge < -0.3 is 9.16 Å². The first-order valence-corrected chi connectivity index (χ1v) is 20.5. The lowest BCUT2D eigenvalue weighted by Gasteiger charge is -2.17. The Labute approximate surface area is 290 Å². The number of fused-ring (bicyclic) bond motifs is 1. The quantitative estimate of drug-likeness (QED) is 0.0782. The number of nitrogens with zero attached hydrogens (tertiary/aromatic N) is 3. The van der Waals surface area contributed by atoms with Gasteiger partial charge in [0.2, 0.25) is 9.76 Å². The lowest BCUT2D eigenvalue weighted by Crippen LogP contribution is -2.30. The van der Waals surface area contributed by atoms with Crippen LogP contribution in [-0.2, 0) is 5.92 Å². The number of para-hydroxylation sites is 1. The Morgan fingerprint density at radius 3 is 2.29 bits per heavy atom. The summed E-state index contributed by atoms with van der Waals surface area (Å²) in [7, 11) is -0.723. The largest absolute Gasteiger partial charge is 0.549 e. The van der Waals surface area contributed by atoms with Gasteiger partial charge in [0.1, 0.15) is 17.2 Å². The fourth-order valence-electron chi connectivity index (χ4n) is 7.10. The Bertz CT molecular complexity index is 1400. The van der Waals surface area contributed by atoms with Gasteiger partial charge in [-0.05, 0) is 61.3 Å². The third-order valence-corrected chi connectivity index (χ3v) is 11.4. The molecule has 1 saturated carbocycles. The highest BCUT2D eigenvalue weighted by Crippen LogP contribution is 2.46. The second-order valence-electron chi connectivity index (χ2n) is 14.6. The van der Waals surface area contributed by atoms with E-state index in [2.05, 4.69) is 35.7 Å². The van der Waals surface area contributed by atoms with Crippen LogP contribution in [-0.4, -0.2) is 30.8 Å². The zero-order valence-electron chi connectivity index (χ0n) is 29.6. The summed E-state index contributed by atoms with van der Waals surface area (Å²) < 4.78 is 43.0. The van der Waals surface area contributed by atoms with E-state index in [1.54, 1.807) is 24.5 Å². The van der Waals surface area contributed by atoms with E-state index in [-0.39, 0.29) is 11.4 Å². The normalized spacial score (nSPS) is 18.1. The highest BCUT2D eigenvalue weighted by Gasteiger charge is 2.52. The molecule has 1 aromatic carbocycles. The number of ether oxygens (including phenoxy) is 1. The van der Waals surface area contributed by atoms with Crippen molar-refractivity contribution in [2.24, 2.45) is 17.8 Å². The Kier molecular flexibility index (Phi) is 13.8. The lowest BCUT2D eigenvalue weighted by molar-refractivity contribution is -0.0818.